The molecule has 32 heavy (non-hydrogen) atoms. The van der Waals surface area contributed by atoms with E-state index in [0.29, 0.717) is 33.6 Å². The van der Waals surface area contributed by atoms with Crippen molar-refractivity contribution in [1.82, 2.24) is 4.98 Å². The maximum atomic E-state index is 12.6. The first kappa shape index (κ1) is 21.3. The zero-order chi connectivity index (χ0) is 22.5. The number of anilines is 2. The lowest BCUT2D eigenvalue weighted by molar-refractivity contribution is -0.118. The molecule has 162 valence electrons. The Balaban J connectivity index is 1.38. The Morgan fingerprint density at radius 1 is 0.906 bits per heavy atom. The number of para-hydroxylation sites is 2. The molecule has 0 radical (unpaired) electrons. The highest BCUT2D eigenvalue weighted by Crippen LogP contribution is 2.26. The summed E-state index contributed by atoms with van der Waals surface area (Å²) in [4.78, 5) is 28.0. The molecule has 1 aromatic heterocycles. The van der Waals surface area contributed by atoms with E-state index in [9.17, 15) is 9.59 Å². The molecule has 7 nitrogen and oxygen atoms in total. The number of carbonyl (C=O) groups is 2. The Kier molecular flexibility index (Phi) is 6.28. The van der Waals surface area contributed by atoms with Crippen LogP contribution in [0.2, 0.25) is 5.02 Å². The van der Waals surface area contributed by atoms with Gasteiger partial charge in [0.2, 0.25) is 0 Å². The van der Waals surface area contributed by atoms with Crippen molar-refractivity contribution >= 4 is 45.7 Å². The number of benzene rings is 3. The molecule has 3 N–H and O–H groups in total. The van der Waals surface area contributed by atoms with Crippen LogP contribution in [-0.4, -0.2) is 30.5 Å². The van der Waals surface area contributed by atoms with Crippen molar-refractivity contribution in [2.24, 2.45) is 0 Å². The molecule has 0 spiro atoms. The molecule has 0 unspecified atom stereocenters. The van der Waals surface area contributed by atoms with E-state index in [4.69, 9.17) is 21.1 Å². The lowest BCUT2D eigenvalue weighted by Crippen LogP contribution is -2.20. The summed E-state index contributed by atoms with van der Waals surface area (Å²) >= 11 is 6.00. The van der Waals surface area contributed by atoms with Crippen LogP contribution in [0.3, 0.4) is 0 Å². The number of aromatic amines is 1. The van der Waals surface area contributed by atoms with Crippen molar-refractivity contribution in [1.29, 1.82) is 0 Å². The van der Waals surface area contributed by atoms with Crippen LogP contribution in [0.1, 0.15) is 10.5 Å². The predicted octanol–water partition coefficient (Wildman–Crippen LogP) is 5.10. The number of methoxy groups -OCH3 is 1. The molecule has 0 atom stereocenters. The zero-order valence-corrected chi connectivity index (χ0v) is 17.9. The van der Waals surface area contributed by atoms with Crippen LogP contribution in [0, 0.1) is 0 Å². The van der Waals surface area contributed by atoms with E-state index >= 15 is 0 Å². The monoisotopic (exact) mass is 449 g/mol. The number of rotatable bonds is 7. The fourth-order valence-electron chi connectivity index (χ4n) is 3.18. The van der Waals surface area contributed by atoms with Crippen molar-refractivity contribution in [3.63, 3.8) is 0 Å². The van der Waals surface area contributed by atoms with E-state index < -0.39 is 0 Å². The second kappa shape index (κ2) is 9.45. The Morgan fingerprint density at radius 2 is 1.66 bits per heavy atom. The summed E-state index contributed by atoms with van der Waals surface area (Å²) in [6.07, 6.45) is 0. The van der Waals surface area contributed by atoms with Gasteiger partial charge in [0, 0.05) is 27.3 Å². The number of aromatic nitrogens is 1. The standard InChI is InChI=1S/C24H20ClN3O4/c1-31-21-7-2-3-8-22(21)32-14-23(29)26-17-5-4-6-18(13-17)27-24(30)20-12-15-11-16(25)9-10-19(15)28-20/h2-13,28H,14H2,1H3,(H,26,29)(H,27,30). The van der Waals surface area contributed by atoms with Crippen molar-refractivity contribution < 1.29 is 19.1 Å². The summed E-state index contributed by atoms with van der Waals surface area (Å²) in [7, 11) is 1.53. The highest BCUT2D eigenvalue weighted by atomic mass is 35.5. The van der Waals surface area contributed by atoms with Gasteiger partial charge in [0.1, 0.15) is 5.69 Å². The third-order valence-corrected chi connectivity index (χ3v) is 4.89. The first-order chi connectivity index (χ1) is 15.5. The van der Waals surface area contributed by atoms with Gasteiger partial charge >= 0.3 is 0 Å². The fourth-order valence-corrected chi connectivity index (χ4v) is 3.36. The second-order valence-electron chi connectivity index (χ2n) is 6.94. The van der Waals surface area contributed by atoms with E-state index in [0.717, 1.165) is 10.9 Å². The average Bonchev–Trinajstić information content (AvgIpc) is 3.21. The SMILES string of the molecule is COc1ccccc1OCC(=O)Nc1cccc(NC(=O)c2cc3cc(Cl)ccc3[nH]2)c1. The highest BCUT2D eigenvalue weighted by Gasteiger charge is 2.12. The topological polar surface area (TPSA) is 92.4 Å². The Morgan fingerprint density at radius 3 is 2.44 bits per heavy atom. The molecule has 3 aromatic carbocycles. The molecule has 0 saturated carbocycles. The molecule has 4 rings (SSSR count). The van der Waals surface area contributed by atoms with Gasteiger partial charge in [0.25, 0.3) is 11.8 Å². The van der Waals surface area contributed by atoms with Gasteiger partial charge in [0.15, 0.2) is 18.1 Å². The average molecular weight is 450 g/mol. The molecule has 0 aliphatic carbocycles. The van der Waals surface area contributed by atoms with Crippen LogP contribution in [0.4, 0.5) is 11.4 Å². The summed E-state index contributed by atoms with van der Waals surface area (Å²) in [5.74, 6) is 0.377. The molecule has 0 aliphatic rings. The first-order valence-electron chi connectivity index (χ1n) is 9.77. The van der Waals surface area contributed by atoms with Crippen LogP contribution in [0.15, 0.2) is 72.8 Å². The molecule has 0 saturated heterocycles. The molecule has 2 amide bonds. The van der Waals surface area contributed by atoms with Crippen LogP contribution < -0.4 is 20.1 Å². The Labute approximate surface area is 189 Å². The minimum atomic E-state index is -0.341. The van der Waals surface area contributed by atoms with E-state index in [2.05, 4.69) is 15.6 Å². The molecule has 0 fully saturated rings. The van der Waals surface area contributed by atoms with Gasteiger partial charge in [-0.05, 0) is 54.6 Å². The van der Waals surface area contributed by atoms with Crippen molar-refractivity contribution in [3.05, 3.63) is 83.5 Å². The summed E-state index contributed by atoms with van der Waals surface area (Å²) in [6.45, 7) is -0.186. The van der Waals surface area contributed by atoms with Gasteiger partial charge in [-0.15, -0.1) is 0 Å². The third kappa shape index (κ3) is 5.01. The number of hydrogen-bond donors (Lipinski definition) is 3. The van der Waals surface area contributed by atoms with Gasteiger partial charge in [-0.25, -0.2) is 0 Å². The van der Waals surface area contributed by atoms with E-state index in [1.165, 1.54) is 7.11 Å². The highest BCUT2D eigenvalue weighted by molar-refractivity contribution is 6.31. The molecule has 0 aliphatic heterocycles. The number of fused-ring (bicyclic) bond motifs is 1. The quantitative estimate of drug-likeness (QED) is 0.366. The van der Waals surface area contributed by atoms with Gasteiger partial charge in [-0.3, -0.25) is 9.59 Å². The maximum absolute atomic E-state index is 12.6. The molecule has 4 aromatic rings. The van der Waals surface area contributed by atoms with Crippen molar-refractivity contribution in [2.45, 2.75) is 0 Å². The largest absolute Gasteiger partial charge is 0.493 e. The van der Waals surface area contributed by atoms with Crippen molar-refractivity contribution in [2.75, 3.05) is 24.4 Å². The minimum absolute atomic E-state index is 0.186. The smallest absolute Gasteiger partial charge is 0.272 e. The van der Waals surface area contributed by atoms with Gasteiger partial charge < -0.3 is 25.1 Å². The first-order valence-corrected chi connectivity index (χ1v) is 10.1. The lowest BCUT2D eigenvalue weighted by Gasteiger charge is -2.11. The van der Waals surface area contributed by atoms with Crippen LogP contribution in [0.5, 0.6) is 11.5 Å². The summed E-state index contributed by atoms with van der Waals surface area (Å²) in [6, 6.07) is 21.0. The fraction of sp³-hybridized carbons (Fsp3) is 0.0833. The maximum Gasteiger partial charge on any atom is 0.272 e. The Bertz CT molecular complexity index is 1290. The van der Waals surface area contributed by atoms with Gasteiger partial charge in [0.05, 0.1) is 7.11 Å². The molecule has 0 bridgehead atoms. The number of H-pyrrole nitrogens is 1. The molecule has 1 heterocycles. The number of ether oxygens (including phenoxy) is 2. The van der Waals surface area contributed by atoms with E-state index in [-0.39, 0.29) is 18.4 Å². The van der Waals surface area contributed by atoms with E-state index in [1.54, 1.807) is 60.7 Å². The molecular weight excluding hydrogens is 430 g/mol. The number of hydrogen-bond acceptors (Lipinski definition) is 4. The summed E-state index contributed by atoms with van der Waals surface area (Å²) in [5.41, 5.74) is 2.28. The number of nitrogens with one attached hydrogen (secondary N) is 3. The van der Waals surface area contributed by atoms with Crippen LogP contribution >= 0.6 is 11.6 Å². The number of amides is 2. The minimum Gasteiger partial charge on any atom is -0.493 e. The van der Waals surface area contributed by atoms with Gasteiger partial charge in [-0.2, -0.15) is 0 Å². The summed E-state index contributed by atoms with van der Waals surface area (Å²) < 4.78 is 10.7. The Hall–Kier alpha value is -3.97. The normalized spacial score (nSPS) is 10.6. The third-order valence-electron chi connectivity index (χ3n) is 4.66. The summed E-state index contributed by atoms with van der Waals surface area (Å²) in [5, 5.41) is 7.02. The van der Waals surface area contributed by atoms with Crippen LogP contribution in [0.25, 0.3) is 10.9 Å². The molecule has 8 heteroatoms. The van der Waals surface area contributed by atoms with Crippen LogP contribution in [-0.2, 0) is 4.79 Å². The number of carbonyl (C=O) groups excluding carboxylic acids is 2. The van der Waals surface area contributed by atoms with Crippen molar-refractivity contribution in [3.8, 4) is 11.5 Å². The number of halogens is 1. The second-order valence-corrected chi connectivity index (χ2v) is 7.37. The van der Waals surface area contributed by atoms with Gasteiger partial charge in [-0.1, -0.05) is 29.8 Å². The lowest BCUT2D eigenvalue weighted by atomic mass is 10.2. The molecular formula is C24H20ClN3O4. The zero-order valence-electron chi connectivity index (χ0n) is 17.1. The predicted molar refractivity (Wildman–Crippen MR) is 125 cm³/mol. The van der Waals surface area contributed by atoms with E-state index in [1.807, 2.05) is 12.1 Å².